The van der Waals surface area contributed by atoms with Crippen LogP contribution >= 0.6 is 34.9 Å². The van der Waals surface area contributed by atoms with Crippen molar-refractivity contribution in [1.29, 1.82) is 0 Å². The molecule has 0 bridgehead atoms. The second-order valence-electron chi connectivity index (χ2n) is 10.6. The van der Waals surface area contributed by atoms with Crippen LogP contribution in [0.2, 0.25) is 0 Å². The summed E-state index contributed by atoms with van der Waals surface area (Å²) in [6.07, 6.45) is 1.27. The number of nitrogens with zero attached hydrogens (tertiary/aromatic N) is 7. The van der Waals surface area contributed by atoms with Gasteiger partial charge in [0.1, 0.15) is 22.9 Å². The molecule has 2 aliphatic heterocycles. The molecular weight excluding hydrogens is 649 g/mol. The van der Waals surface area contributed by atoms with E-state index in [1.54, 1.807) is 4.52 Å². The van der Waals surface area contributed by atoms with Crippen LogP contribution in [0.15, 0.2) is 27.8 Å². The van der Waals surface area contributed by atoms with Crippen LogP contribution in [0.4, 0.5) is 10.9 Å². The smallest absolute Gasteiger partial charge is 0.352 e. The first-order valence-electron chi connectivity index (χ1n) is 13.2. The van der Waals surface area contributed by atoms with Crippen LogP contribution in [0, 0.1) is 13.8 Å². The molecule has 3 aromatic heterocycles. The first-order valence-corrected chi connectivity index (χ1v) is 16.0. The van der Waals surface area contributed by atoms with Crippen molar-refractivity contribution in [3.05, 3.63) is 33.7 Å². The fourth-order valence-corrected chi connectivity index (χ4v) is 7.58. The van der Waals surface area contributed by atoms with Gasteiger partial charge in [0.25, 0.3) is 28.4 Å². The number of amides is 2. The number of nitrogens with one attached hydrogen (secondary N) is 1. The first-order chi connectivity index (χ1) is 21.1. The van der Waals surface area contributed by atoms with Gasteiger partial charge in [0.15, 0.2) is 10.8 Å². The molecule has 0 saturated carbocycles. The second-order valence-corrected chi connectivity index (χ2v) is 13.7. The number of aliphatic carboxylic acids is 2. The number of nitrogens with two attached hydrogens (primary N) is 2. The van der Waals surface area contributed by atoms with Crippen molar-refractivity contribution in [2.75, 3.05) is 23.0 Å². The highest BCUT2D eigenvalue weighted by Crippen LogP contribution is 2.41. The average Bonchev–Trinajstić information content (AvgIpc) is 3.54. The summed E-state index contributed by atoms with van der Waals surface area (Å²) in [5.41, 5.74) is 11.6. The van der Waals surface area contributed by atoms with Crippen molar-refractivity contribution in [3.8, 4) is 0 Å². The van der Waals surface area contributed by atoms with Gasteiger partial charge in [0.2, 0.25) is 5.60 Å². The van der Waals surface area contributed by atoms with E-state index >= 15 is 0 Å². The van der Waals surface area contributed by atoms with Crippen LogP contribution in [-0.4, -0.2) is 92.7 Å². The standard InChI is InChI=1S/C25H28N10O7S3/c1-9-16(26)30-24(35-18(9)33(5)10(2)31-35)44-8-11-7-43-20-14(19(37)34(20)15(11)21(38)39)29-17(36)13(12-6-28-23(27)45-12)32-42-25(3,4)22(40)41/h6,14,20,26H,7-8H2,1-5H3,(H5,27,28,29,32,36,38,39,40,41)/p+1. The molecule has 0 aliphatic carbocycles. The number of aryl methyl sites for hydroxylation is 3. The van der Waals surface area contributed by atoms with Crippen LogP contribution in [0.3, 0.4) is 0 Å². The summed E-state index contributed by atoms with van der Waals surface area (Å²) >= 11 is 3.44. The number of fused-ring (bicyclic) bond motifs is 2. The zero-order chi connectivity index (χ0) is 33.0. The number of carbonyl (C=O) groups excluding carboxylic acids is 2. The summed E-state index contributed by atoms with van der Waals surface area (Å²) in [4.78, 5) is 65.3. The molecule has 0 spiro atoms. The predicted molar refractivity (Wildman–Crippen MR) is 164 cm³/mol. The molecule has 1 saturated heterocycles. The normalized spacial score (nSPS) is 18.6. The van der Waals surface area contributed by atoms with E-state index in [1.165, 1.54) is 43.6 Å². The van der Waals surface area contributed by atoms with Gasteiger partial charge in [-0.05, 0) is 30.9 Å². The molecule has 2 atom stereocenters. The summed E-state index contributed by atoms with van der Waals surface area (Å²) in [5, 5.41) is 30.2. The molecule has 5 heterocycles. The molecule has 1 fully saturated rings. The molecule has 3 aromatic rings. The minimum Gasteiger partial charge on any atom is -0.478 e. The third kappa shape index (κ3) is 5.75. The molecule has 45 heavy (non-hydrogen) atoms. The largest absolute Gasteiger partial charge is 0.478 e. The molecule has 2 amide bonds. The number of hydrogen-bond acceptors (Lipinski definition) is 14. The van der Waals surface area contributed by atoms with E-state index in [-0.39, 0.29) is 32.9 Å². The fraction of sp³-hybridized carbons (Fsp3) is 0.400. The van der Waals surface area contributed by atoms with E-state index < -0.39 is 40.8 Å². The van der Waals surface area contributed by atoms with Crippen molar-refractivity contribution in [3.63, 3.8) is 0 Å². The molecule has 0 aromatic carbocycles. The molecular formula is C25H29N10O7S3+. The molecule has 7 N–H and O–H groups in total. The molecule has 238 valence electrons. The van der Waals surface area contributed by atoms with Gasteiger partial charge in [-0.3, -0.25) is 14.5 Å². The highest BCUT2D eigenvalue weighted by molar-refractivity contribution is 8.01. The summed E-state index contributed by atoms with van der Waals surface area (Å²) in [7, 11) is 1.86. The van der Waals surface area contributed by atoms with Crippen LogP contribution in [0.25, 0.3) is 5.65 Å². The van der Waals surface area contributed by atoms with Crippen LogP contribution in [0.5, 0.6) is 0 Å². The van der Waals surface area contributed by atoms with Crippen LogP contribution in [0.1, 0.15) is 30.1 Å². The molecule has 0 radical (unpaired) electrons. The number of aromatic nitrogens is 5. The molecule has 2 unspecified atom stereocenters. The minimum absolute atomic E-state index is 0.124. The Hall–Kier alpha value is -4.43. The number of rotatable bonds is 10. The highest BCUT2D eigenvalue weighted by Gasteiger charge is 2.54. The monoisotopic (exact) mass is 677 g/mol. The Morgan fingerprint density at radius 2 is 2.00 bits per heavy atom. The van der Waals surface area contributed by atoms with E-state index in [2.05, 4.69) is 25.5 Å². The molecule has 20 heteroatoms. The number of carboxylic acids is 2. The van der Waals surface area contributed by atoms with Gasteiger partial charge in [0.05, 0.1) is 17.5 Å². The summed E-state index contributed by atoms with van der Waals surface area (Å²) in [6, 6.07) is -1.08. The van der Waals surface area contributed by atoms with E-state index in [1.807, 2.05) is 25.5 Å². The van der Waals surface area contributed by atoms with Gasteiger partial charge in [-0.1, -0.05) is 28.3 Å². The summed E-state index contributed by atoms with van der Waals surface area (Å²) in [5.74, 6) is -2.59. The number of carbonyl (C=O) groups is 4. The SMILES string of the molecule is Cc1c(N)nc(SCC2=C(C(=O)O)N3C(=O)C(NC(=O)/C(=N\OC(C)(C)C(=O)O)c4cnc(N)s4)C3SC2)n2nc(C)[n+](C)c12. The van der Waals surface area contributed by atoms with Crippen molar-refractivity contribution < 1.29 is 38.8 Å². The van der Waals surface area contributed by atoms with Gasteiger partial charge in [-0.25, -0.2) is 19.1 Å². The van der Waals surface area contributed by atoms with E-state index in [4.69, 9.17) is 16.3 Å². The third-order valence-corrected chi connectivity index (χ3v) is 10.3. The van der Waals surface area contributed by atoms with Crippen molar-refractivity contribution in [1.82, 2.24) is 29.8 Å². The Labute approximate surface area is 267 Å². The summed E-state index contributed by atoms with van der Waals surface area (Å²) < 4.78 is 3.54. The minimum atomic E-state index is -1.76. The average molecular weight is 678 g/mol. The first kappa shape index (κ1) is 32.0. The van der Waals surface area contributed by atoms with Crippen molar-refractivity contribution in [2.45, 2.75) is 49.9 Å². The number of carboxylic acid groups (broad SMARTS) is 2. The van der Waals surface area contributed by atoms with Crippen molar-refractivity contribution in [2.24, 2.45) is 12.2 Å². The number of nitrogen functional groups attached to an aromatic ring is 2. The van der Waals surface area contributed by atoms with Gasteiger partial charge < -0.3 is 31.8 Å². The molecule has 2 aliphatic rings. The van der Waals surface area contributed by atoms with Crippen LogP contribution < -0.4 is 21.4 Å². The number of thioether (sulfide) groups is 2. The van der Waals surface area contributed by atoms with E-state index in [9.17, 15) is 29.4 Å². The predicted octanol–water partition coefficient (Wildman–Crippen LogP) is -0.0937. The van der Waals surface area contributed by atoms with Gasteiger partial charge in [-0.2, -0.15) is 4.98 Å². The van der Waals surface area contributed by atoms with E-state index in [0.717, 1.165) is 33.3 Å². The zero-order valence-corrected chi connectivity index (χ0v) is 27.0. The highest BCUT2D eigenvalue weighted by atomic mass is 32.2. The topological polar surface area (TPSA) is 245 Å². The Kier molecular flexibility index (Phi) is 8.40. The lowest BCUT2D eigenvalue weighted by Crippen LogP contribution is -2.71. The number of hydrogen-bond donors (Lipinski definition) is 5. The lowest BCUT2D eigenvalue weighted by molar-refractivity contribution is -0.652. The second kappa shape index (κ2) is 11.8. The summed E-state index contributed by atoms with van der Waals surface area (Å²) in [6.45, 7) is 6.18. The van der Waals surface area contributed by atoms with Gasteiger partial charge in [0, 0.05) is 29.7 Å². The maximum Gasteiger partial charge on any atom is 0.352 e. The Morgan fingerprint density at radius 3 is 2.62 bits per heavy atom. The lowest BCUT2D eigenvalue weighted by Gasteiger charge is -2.49. The fourth-order valence-electron chi connectivity index (χ4n) is 4.49. The molecule has 17 nitrogen and oxygen atoms in total. The third-order valence-electron chi connectivity index (χ3n) is 7.13. The number of oxime groups is 1. The Balaban J connectivity index is 1.36. The number of β-lactam (4-membered cyclic amide) rings is 1. The van der Waals surface area contributed by atoms with Crippen molar-refractivity contribution >= 4 is 80.9 Å². The lowest BCUT2D eigenvalue weighted by atomic mass is 10.0. The zero-order valence-electron chi connectivity index (χ0n) is 24.6. The number of thiazole rings is 1. The maximum absolute atomic E-state index is 13.3. The Morgan fingerprint density at radius 1 is 1.29 bits per heavy atom. The van der Waals surface area contributed by atoms with Gasteiger partial charge >= 0.3 is 11.9 Å². The van der Waals surface area contributed by atoms with Gasteiger partial charge in [-0.15, -0.1) is 11.8 Å². The quantitative estimate of drug-likeness (QED) is 0.0470. The van der Waals surface area contributed by atoms with E-state index in [0.29, 0.717) is 16.5 Å². The molecule has 5 rings (SSSR count). The number of anilines is 2. The maximum atomic E-state index is 13.3. The van der Waals surface area contributed by atoms with Crippen LogP contribution in [-0.2, 0) is 31.1 Å². The Bertz CT molecular complexity index is 1830.